The summed E-state index contributed by atoms with van der Waals surface area (Å²) in [6, 6.07) is 6.91. The summed E-state index contributed by atoms with van der Waals surface area (Å²) in [5.74, 6) is 0. The van der Waals surface area contributed by atoms with Crippen LogP contribution in [0.3, 0.4) is 0 Å². The quantitative estimate of drug-likeness (QED) is 0.877. The molecule has 0 atom stereocenters. The average molecular weight is 312 g/mol. The van der Waals surface area contributed by atoms with Gasteiger partial charge >= 0.3 is 0 Å². The highest BCUT2D eigenvalue weighted by atomic mass is 32.2. The van der Waals surface area contributed by atoms with Crippen LogP contribution in [0, 0.1) is 0 Å². The van der Waals surface area contributed by atoms with Gasteiger partial charge in [0.15, 0.2) is 0 Å². The molecule has 0 amide bonds. The van der Waals surface area contributed by atoms with E-state index in [1.165, 1.54) is 10.4 Å². The maximum Gasteiger partial charge on any atom is 0.252 e. The molecule has 2 rings (SSSR count). The number of likely N-dealkylation sites (N-methyl/N-ethyl adjacent to an activating group) is 1. The second-order valence-electron chi connectivity index (χ2n) is 4.31. The van der Waals surface area contributed by atoms with Crippen LogP contribution < -0.4 is 0 Å². The van der Waals surface area contributed by atoms with Crippen molar-refractivity contribution in [2.24, 2.45) is 0 Å². The maximum absolute atomic E-state index is 12.3. The minimum Gasteiger partial charge on any atom is -0.391 e. The van der Waals surface area contributed by atoms with Crippen molar-refractivity contribution < 1.29 is 13.5 Å². The van der Waals surface area contributed by atoms with Gasteiger partial charge in [-0.1, -0.05) is 0 Å². The van der Waals surface area contributed by atoms with E-state index in [0.29, 0.717) is 17.8 Å². The van der Waals surface area contributed by atoms with Crippen molar-refractivity contribution in [1.29, 1.82) is 0 Å². The molecule has 0 saturated heterocycles. The van der Waals surface area contributed by atoms with E-state index < -0.39 is 10.0 Å². The maximum atomic E-state index is 12.3. The largest absolute Gasteiger partial charge is 0.391 e. The van der Waals surface area contributed by atoms with Crippen molar-refractivity contribution in [3.63, 3.8) is 0 Å². The summed E-state index contributed by atoms with van der Waals surface area (Å²) in [4.78, 5) is 4.57. The normalized spacial score (nSPS) is 11.9. The predicted octanol–water partition coefficient (Wildman–Crippen LogP) is 1.50. The molecule has 108 valence electrons. The lowest BCUT2D eigenvalue weighted by atomic mass is 10.2. The molecule has 0 spiro atoms. The van der Waals surface area contributed by atoms with Gasteiger partial charge in [0.2, 0.25) is 0 Å². The lowest BCUT2D eigenvalue weighted by Crippen LogP contribution is -2.28. The zero-order valence-electron chi connectivity index (χ0n) is 11.1. The Morgan fingerprint density at radius 3 is 2.55 bits per heavy atom. The van der Waals surface area contributed by atoms with E-state index in [1.54, 1.807) is 25.5 Å². The smallest absolute Gasteiger partial charge is 0.252 e. The second kappa shape index (κ2) is 6.45. The number of pyridine rings is 1. The second-order valence-corrected chi connectivity index (χ2v) is 7.75. The van der Waals surface area contributed by atoms with Crippen molar-refractivity contribution in [3.8, 4) is 0 Å². The first-order chi connectivity index (χ1) is 9.54. The first kappa shape index (κ1) is 15.1. The Morgan fingerprint density at radius 1 is 1.25 bits per heavy atom. The number of hydrogen-bond donors (Lipinski definition) is 1. The molecule has 0 fully saturated rings. The molecule has 20 heavy (non-hydrogen) atoms. The Balaban J connectivity index is 2.05. The molecule has 0 aliphatic carbocycles. The Bertz CT molecular complexity index is 653. The van der Waals surface area contributed by atoms with Crippen LogP contribution in [-0.2, 0) is 23.1 Å². The minimum atomic E-state index is -3.47. The van der Waals surface area contributed by atoms with E-state index in [0.717, 1.165) is 16.9 Å². The summed E-state index contributed by atoms with van der Waals surface area (Å²) in [6.45, 7) is 0.264. The summed E-state index contributed by atoms with van der Waals surface area (Å²) in [5.41, 5.74) is 1.05. The van der Waals surface area contributed by atoms with E-state index in [4.69, 9.17) is 5.11 Å². The molecule has 0 radical (unpaired) electrons. The standard InChI is InChI=1S/C13H16N2O3S2/c1-15(9-6-11-4-7-14-8-5-11)20(17,18)13-3-2-12(10-16)19-13/h2-5,7-8,16H,6,9-10H2,1H3. The lowest BCUT2D eigenvalue weighted by Gasteiger charge is -2.15. The average Bonchev–Trinajstić information content (AvgIpc) is 2.95. The van der Waals surface area contributed by atoms with E-state index in [-0.39, 0.29) is 10.8 Å². The fourth-order valence-corrected chi connectivity index (χ4v) is 4.29. The van der Waals surface area contributed by atoms with Crippen LogP contribution in [0.15, 0.2) is 40.9 Å². The molecule has 2 aromatic heterocycles. The summed E-state index contributed by atoms with van der Waals surface area (Å²) in [5, 5.41) is 9.00. The first-order valence-electron chi connectivity index (χ1n) is 6.09. The first-order valence-corrected chi connectivity index (χ1v) is 8.34. The number of hydrogen-bond acceptors (Lipinski definition) is 5. The molecule has 1 N–H and O–H groups in total. The third kappa shape index (κ3) is 3.43. The highest BCUT2D eigenvalue weighted by Crippen LogP contribution is 2.24. The molecule has 0 unspecified atom stereocenters. The zero-order valence-corrected chi connectivity index (χ0v) is 12.7. The van der Waals surface area contributed by atoms with E-state index in [9.17, 15) is 8.42 Å². The fraction of sp³-hybridized carbons (Fsp3) is 0.308. The number of aliphatic hydroxyl groups excluding tert-OH is 1. The van der Waals surface area contributed by atoms with Crippen molar-refractivity contribution in [2.75, 3.05) is 13.6 Å². The molecule has 7 heteroatoms. The van der Waals surface area contributed by atoms with Gasteiger partial charge in [0.1, 0.15) is 4.21 Å². The van der Waals surface area contributed by atoms with E-state index in [1.807, 2.05) is 12.1 Å². The molecule has 0 bridgehead atoms. The third-order valence-corrected chi connectivity index (χ3v) is 6.32. The van der Waals surface area contributed by atoms with Crippen LogP contribution in [0.2, 0.25) is 0 Å². The molecule has 5 nitrogen and oxygen atoms in total. The Hall–Kier alpha value is -1.28. The Kier molecular flexibility index (Phi) is 4.87. The van der Waals surface area contributed by atoms with Crippen molar-refractivity contribution in [3.05, 3.63) is 47.1 Å². The molecular formula is C13H16N2O3S2. The molecule has 0 saturated carbocycles. The molecular weight excluding hydrogens is 296 g/mol. The number of thiophene rings is 1. The SMILES string of the molecule is CN(CCc1ccncc1)S(=O)(=O)c1ccc(CO)s1. The highest BCUT2D eigenvalue weighted by Gasteiger charge is 2.22. The molecule has 0 aromatic carbocycles. The summed E-state index contributed by atoms with van der Waals surface area (Å²) in [7, 11) is -1.91. The van der Waals surface area contributed by atoms with Crippen LogP contribution >= 0.6 is 11.3 Å². The topological polar surface area (TPSA) is 70.5 Å². The van der Waals surface area contributed by atoms with Crippen molar-refractivity contribution in [1.82, 2.24) is 9.29 Å². The summed E-state index contributed by atoms with van der Waals surface area (Å²) >= 11 is 1.10. The number of rotatable bonds is 6. The third-order valence-electron chi connectivity index (χ3n) is 2.92. The lowest BCUT2D eigenvalue weighted by molar-refractivity contribution is 0.285. The highest BCUT2D eigenvalue weighted by molar-refractivity contribution is 7.91. The number of nitrogens with zero attached hydrogens (tertiary/aromatic N) is 2. The minimum absolute atomic E-state index is 0.138. The van der Waals surface area contributed by atoms with Crippen LogP contribution in [-0.4, -0.2) is 36.4 Å². The molecule has 2 heterocycles. The number of sulfonamides is 1. The van der Waals surface area contributed by atoms with Crippen molar-refractivity contribution in [2.45, 2.75) is 17.2 Å². The van der Waals surface area contributed by atoms with Crippen LogP contribution in [0.5, 0.6) is 0 Å². The van der Waals surface area contributed by atoms with Gasteiger partial charge in [0, 0.05) is 30.9 Å². The van der Waals surface area contributed by atoms with Crippen LogP contribution in [0.4, 0.5) is 0 Å². The molecule has 0 aliphatic rings. The van der Waals surface area contributed by atoms with Crippen molar-refractivity contribution >= 4 is 21.4 Å². The number of aromatic nitrogens is 1. The Labute approximate surface area is 122 Å². The van der Waals surface area contributed by atoms with Gasteiger partial charge in [-0.05, 0) is 36.2 Å². The summed E-state index contributed by atoms with van der Waals surface area (Å²) in [6.07, 6.45) is 4.02. The van der Waals surface area contributed by atoms with E-state index in [2.05, 4.69) is 4.98 Å². The van der Waals surface area contributed by atoms with Gasteiger partial charge in [-0.15, -0.1) is 11.3 Å². The van der Waals surface area contributed by atoms with Gasteiger partial charge in [-0.2, -0.15) is 4.31 Å². The zero-order chi connectivity index (χ0) is 14.6. The molecule has 2 aromatic rings. The molecule has 0 aliphatic heterocycles. The summed E-state index contributed by atoms with van der Waals surface area (Å²) < 4.78 is 26.2. The monoisotopic (exact) mass is 312 g/mol. The van der Waals surface area contributed by atoms with E-state index >= 15 is 0 Å². The van der Waals surface area contributed by atoms with Gasteiger partial charge in [-0.3, -0.25) is 4.98 Å². The fourth-order valence-electron chi connectivity index (χ4n) is 1.69. The number of aliphatic hydroxyl groups is 1. The van der Waals surface area contributed by atoms with Gasteiger partial charge in [-0.25, -0.2) is 8.42 Å². The van der Waals surface area contributed by atoms with Crippen LogP contribution in [0.25, 0.3) is 0 Å². The van der Waals surface area contributed by atoms with Gasteiger partial charge < -0.3 is 5.11 Å². The van der Waals surface area contributed by atoms with Gasteiger partial charge in [0.05, 0.1) is 6.61 Å². The van der Waals surface area contributed by atoms with Crippen LogP contribution in [0.1, 0.15) is 10.4 Å². The van der Waals surface area contributed by atoms with Gasteiger partial charge in [0.25, 0.3) is 10.0 Å². The Morgan fingerprint density at radius 2 is 1.95 bits per heavy atom. The predicted molar refractivity (Wildman–Crippen MR) is 78.0 cm³/mol.